The molecule has 51 heavy (non-hydrogen) atoms. The predicted molar refractivity (Wildman–Crippen MR) is 216 cm³/mol. The zero-order valence-electron chi connectivity index (χ0n) is 28.6. The number of rotatable bonds is 3. The van der Waals surface area contributed by atoms with Crippen LogP contribution in [0.25, 0.3) is 88.0 Å². The lowest BCUT2D eigenvalue weighted by molar-refractivity contribution is 0.661. The smallest absolute Gasteiger partial charge is 0.0547 e. The van der Waals surface area contributed by atoms with Crippen molar-refractivity contribution in [1.29, 1.82) is 0 Å². The molecule has 0 spiro atoms. The summed E-state index contributed by atoms with van der Waals surface area (Å²) in [6.45, 7) is 4.74. The first-order chi connectivity index (χ1) is 25.1. The average Bonchev–Trinajstić information content (AvgIpc) is 3.77. The van der Waals surface area contributed by atoms with Crippen molar-refractivity contribution in [2.45, 2.75) is 19.3 Å². The highest BCUT2D eigenvalue weighted by Gasteiger charge is 2.37. The van der Waals surface area contributed by atoms with Crippen molar-refractivity contribution in [2.24, 2.45) is 0 Å². The molecule has 10 aromatic rings. The summed E-state index contributed by atoms with van der Waals surface area (Å²) in [6.07, 6.45) is 0. The Labute approximate surface area is 296 Å². The standard InChI is InChI=1S/C49H34N2/c1-49(2)40-20-10-8-19-37(40)47-41(49)25-28-46-48(47)39-30-33(24-27-45(39)50(46)34-15-4-3-5-16-34)32-23-26-44-38(29-32)36-18-9-11-21-43(36)51(44)42-22-12-14-31-13-6-7-17-35(31)42/h3-30H,1-2H3. The average molecular weight is 651 g/mol. The molecule has 0 aliphatic heterocycles. The number of fused-ring (bicyclic) bond motifs is 11. The van der Waals surface area contributed by atoms with Crippen molar-refractivity contribution in [2.75, 3.05) is 0 Å². The van der Waals surface area contributed by atoms with Crippen LogP contribution in [0.1, 0.15) is 25.0 Å². The third-order valence-corrected chi connectivity index (χ3v) is 11.5. The Balaban J connectivity index is 1.19. The molecule has 2 nitrogen and oxygen atoms in total. The number of hydrogen-bond donors (Lipinski definition) is 0. The lowest BCUT2D eigenvalue weighted by Crippen LogP contribution is -2.14. The van der Waals surface area contributed by atoms with E-state index in [2.05, 4.69) is 193 Å². The lowest BCUT2D eigenvalue weighted by Gasteiger charge is -2.21. The van der Waals surface area contributed by atoms with Crippen molar-refractivity contribution in [1.82, 2.24) is 9.13 Å². The Morgan fingerprint density at radius 1 is 0.412 bits per heavy atom. The van der Waals surface area contributed by atoms with E-state index in [0.717, 1.165) is 0 Å². The predicted octanol–water partition coefficient (Wildman–Crippen LogP) is 13.0. The van der Waals surface area contributed by atoms with E-state index in [-0.39, 0.29) is 5.41 Å². The van der Waals surface area contributed by atoms with E-state index in [1.54, 1.807) is 0 Å². The van der Waals surface area contributed by atoms with E-state index in [4.69, 9.17) is 0 Å². The van der Waals surface area contributed by atoms with Gasteiger partial charge in [-0.3, -0.25) is 0 Å². The Bertz CT molecular complexity index is 3040. The molecule has 2 heteroatoms. The quantitative estimate of drug-likeness (QED) is 0.180. The normalized spacial score (nSPS) is 13.5. The van der Waals surface area contributed by atoms with Gasteiger partial charge in [-0.15, -0.1) is 0 Å². The fourth-order valence-corrected chi connectivity index (χ4v) is 9.15. The van der Waals surface area contributed by atoms with Gasteiger partial charge in [0.25, 0.3) is 0 Å². The highest BCUT2D eigenvalue weighted by Crippen LogP contribution is 2.53. The van der Waals surface area contributed by atoms with Crippen LogP contribution < -0.4 is 0 Å². The number of nitrogens with zero attached hydrogens (tertiary/aromatic N) is 2. The van der Waals surface area contributed by atoms with Crippen LogP contribution in [0.2, 0.25) is 0 Å². The fourth-order valence-electron chi connectivity index (χ4n) is 9.15. The van der Waals surface area contributed by atoms with Crippen molar-refractivity contribution in [3.8, 4) is 33.6 Å². The summed E-state index contributed by atoms with van der Waals surface area (Å²) in [7, 11) is 0. The highest BCUT2D eigenvalue weighted by molar-refractivity contribution is 6.19. The van der Waals surface area contributed by atoms with Crippen LogP contribution in [0.5, 0.6) is 0 Å². The van der Waals surface area contributed by atoms with E-state index in [9.17, 15) is 0 Å². The minimum absolute atomic E-state index is 0.0672. The van der Waals surface area contributed by atoms with E-state index < -0.39 is 0 Å². The molecule has 0 N–H and O–H groups in total. The molecular formula is C49H34N2. The molecule has 0 unspecified atom stereocenters. The van der Waals surface area contributed by atoms with E-state index in [1.165, 1.54) is 99.1 Å². The van der Waals surface area contributed by atoms with Gasteiger partial charge in [0.2, 0.25) is 0 Å². The Morgan fingerprint density at radius 3 is 1.88 bits per heavy atom. The van der Waals surface area contributed by atoms with Gasteiger partial charge < -0.3 is 9.13 Å². The van der Waals surface area contributed by atoms with E-state index in [1.807, 2.05) is 0 Å². The molecule has 2 aromatic heterocycles. The number of hydrogen-bond acceptors (Lipinski definition) is 0. The molecule has 0 atom stereocenters. The Hall–Kier alpha value is -6.38. The monoisotopic (exact) mass is 650 g/mol. The fraction of sp³-hybridized carbons (Fsp3) is 0.0612. The maximum absolute atomic E-state index is 2.45. The zero-order valence-corrected chi connectivity index (χ0v) is 28.6. The van der Waals surface area contributed by atoms with Gasteiger partial charge >= 0.3 is 0 Å². The Kier molecular flexibility index (Phi) is 5.76. The SMILES string of the molecule is CC1(C)c2ccccc2-c2c1ccc1c2c2cc(-c3ccc4c(c3)c3ccccc3n4-c3cccc4ccccc34)ccc2n1-c1ccccc1. The molecule has 11 rings (SSSR count). The van der Waals surface area contributed by atoms with Crippen LogP contribution in [0.4, 0.5) is 0 Å². The van der Waals surface area contributed by atoms with Crippen LogP contribution in [0, 0.1) is 0 Å². The van der Waals surface area contributed by atoms with Crippen molar-refractivity contribution in [3.63, 3.8) is 0 Å². The highest BCUT2D eigenvalue weighted by atomic mass is 15.0. The van der Waals surface area contributed by atoms with Crippen LogP contribution in [0.15, 0.2) is 170 Å². The topological polar surface area (TPSA) is 9.86 Å². The van der Waals surface area contributed by atoms with Crippen LogP contribution in [-0.4, -0.2) is 9.13 Å². The van der Waals surface area contributed by atoms with Gasteiger partial charge in [0, 0.05) is 38.0 Å². The van der Waals surface area contributed by atoms with Gasteiger partial charge in [-0.25, -0.2) is 0 Å². The molecule has 0 saturated carbocycles. The molecular weight excluding hydrogens is 617 g/mol. The maximum Gasteiger partial charge on any atom is 0.0547 e. The second-order valence-corrected chi connectivity index (χ2v) is 14.5. The maximum atomic E-state index is 2.45. The summed E-state index contributed by atoms with van der Waals surface area (Å²) in [4.78, 5) is 0. The second kappa shape index (κ2) is 10.3. The summed E-state index contributed by atoms with van der Waals surface area (Å²) >= 11 is 0. The first-order valence-corrected chi connectivity index (χ1v) is 17.9. The van der Waals surface area contributed by atoms with Crippen molar-refractivity contribution in [3.05, 3.63) is 181 Å². The largest absolute Gasteiger partial charge is 0.309 e. The number of benzene rings is 8. The van der Waals surface area contributed by atoms with E-state index in [0.29, 0.717) is 0 Å². The summed E-state index contributed by atoms with van der Waals surface area (Å²) < 4.78 is 4.89. The first-order valence-electron chi connectivity index (χ1n) is 17.9. The molecule has 0 amide bonds. The summed E-state index contributed by atoms with van der Waals surface area (Å²) in [5, 5.41) is 7.65. The molecule has 2 heterocycles. The Morgan fingerprint density at radius 2 is 1.04 bits per heavy atom. The van der Waals surface area contributed by atoms with Gasteiger partial charge in [-0.05, 0) is 93.4 Å². The molecule has 1 aliphatic rings. The molecule has 240 valence electrons. The number of para-hydroxylation sites is 2. The summed E-state index contributed by atoms with van der Waals surface area (Å²) in [6, 6.07) is 62.8. The minimum atomic E-state index is -0.0672. The molecule has 0 radical (unpaired) electrons. The summed E-state index contributed by atoms with van der Waals surface area (Å²) in [5.74, 6) is 0. The van der Waals surface area contributed by atoms with Gasteiger partial charge in [-0.1, -0.05) is 129 Å². The molecule has 1 aliphatic carbocycles. The summed E-state index contributed by atoms with van der Waals surface area (Å²) in [5.41, 5.74) is 15.2. The van der Waals surface area contributed by atoms with Gasteiger partial charge in [0.05, 0.1) is 27.8 Å². The molecule has 8 aromatic carbocycles. The van der Waals surface area contributed by atoms with Crippen LogP contribution in [-0.2, 0) is 5.41 Å². The third-order valence-electron chi connectivity index (χ3n) is 11.5. The number of aromatic nitrogens is 2. The third kappa shape index (κ3) is 3.88. The van der Waals surface area contributed by atoms with E-state index >= 15 is 0 Å². The first kappa shape index (κ1) is 28.5. The molecule has 0 fully saturated rings. The van der Waals surface area contributed by atoms with Gasteiger partial charge in [0.15, 0.2) is 0 Å². The van der Waals surface area contributed by atoms with Crippen molar-refractivity contribution < 1.29 is 0 Å². The van der Waals surface area contributed by atoms with Crippen LogP contribution >= 0.6 is 0 Å². The molecule has 0 saturated heterocycles. The van der Waals surface area contributed by atoms with Gasteiger partial charge in [-0.2, -0.15) is 0 Å². The molecule has 0 bridgehead atoms. The van der Waals surface area contributed by atoms with Gasteiger partial charge in [0.1, 0.15) is 0 Å². The lowest BCUT2D eigenvalue weighted by atomic mass is 9.82. The van der Waals surface area contributed by atoms with Crippen LogP contribution in [0.3, 0.4) is 0 Å². The zero-order chi connectivity index (χ0) is 33.8. The second-order valence-electron chi connectivity index (χ2n) is 14.5. The minimum Gasteiger partial charge on any atom is -0.309 e. The van der Waals surface area contributed by atoms with Crippen molar-refractivity contribution >= 4 is 54.4 Å².